The second-order valence-corrected chi connectivity index (χ2v) is 11.3. The average Bonchev–Trinajstić information content (AvgIpc) is 3.41. The first-order valence-electron chi connectivity index (χ1n) is 15.3. The molecule has 226 valence electrons. The Kier molecular flexibility index (Phi) is 9.04. The van der Waals surface area contributed by atoms with Crippen molar-refractivity contribution in [2.24, 2.45) is 0 Å². The molecule has 0 radical (unpaired) electrons. The van der Waals surface area contributed by atoms with Crippen molar-refractivity contribution in [2.75, 3.05) is 13.2 Å². The first kappa shape index (κ1) is 29.9. The van der Waals surface area contributed by atoms with Crippen molar-refractivity contribution in [3.05, 3.63) is 167 Å². The van der Waals surface area contributed by atoms with Crippen LogP contribution in [-0.4, -0.2) is 36.4 Å². The fourth-order valence-electron chi connectivity index (χ4n) is 6.49. The molecule has 6 nitrogen and oxygen atoms in total. The highest BCUT2D eigenvalue weighted by molar-refractivity contribution is 5.81. The van der Waals surface area contributed by atoms with Gasteiger partial charge in [-0.3, -0.25) is 5.32 Å². The minimum absolute atomic E-state index is 0.0993. The summed E-state index contributed by atoms with van der Waals surface area (Å²) in [4.78, 5) is 25.1. The third-order valence-corrected chi connectivity index (χ3v) is 8.61. The number of rotatable bonds is 12. The first-order chi connectivity index (χ1) is 22.1. The number of amides is 1. The topological polar surface area (TPSA) is 87.7 Å². The number of aliphatic carboxylic acids is 1. The third-order valence-electron chi connectivity index (χ3n) is 8.61. The summed E-state index contributed by atoms with van der Waals surface area (Å²) in [6.07, 6.45) is 0.0139. The van der Waals surface area contributed by atoms with Gasteiger partial charge in [-0.2, -0.15) is 0 Å². The highest BCUT2D eigenvalue weighted by Crippen LogP contribution is 2.44. The Bertz CT molecular complexity index is 1600. The molecule has 5 aromatic rings. The van der Waals surface area contributed by atoms with E-state index in [1.54, 1.807) is 0 Å². The zero-order valence-electron chi connectivity index (χ0n) is 24.9. The second kappa shape index (κ2) is 13.6. The summed E-state index contributed by atoms with van der Waals surface area (Å²) in [5.41, 5.74) is 7.06. The third kappa shape index (κ3) is 6.24. The summed E-state index contributed by atoms with van der Waals surface area (Å²) in [6, 6.07) is 45.9. The van der Waals surface area contributed by atoms with Crippen molar-refractivity contribution in [2.45, 2.75) is 30.3 Å². The van der Waals surface area contributed by atoms with E-state index in [4.69, 9.17) is 4.74 Å². The van der Waals surface area contributed by atoms with Crippen LogP contribution in [0, 0.1) is 0 Å². The largest absolute Gasteiger partial charge is 0.480 e. The normalized spacial score (nSPS) is 13.0. The van der Waals surface area contributed by atoms with E-state index < -0.39 is 23.6 Å². The van der Waals surface area contributed by atoms with Crippen LogP contribution in [0.5, 0.6) is 0 Å². The number of carbonyl (C=O) groups is 2. The van der Waals surface area contributed by atoms with Gasteiger partial charge >= 0.3 is 12.1 Å². The molecule has 0 aromatic heterocycles. The zero-order valence-corrected chi connectivity index (χ0v) is 24.9. The maximum atomic E-state index is 12.9. The van der Waals surface area contributed by atoms with Crippen molar-refractivity contribution in [1.29, 1.82) is 0 Å². The van der Waals surface area contributed by atoms with Crippen molar-refractivity contribution >= 4 is 12.1 Å². The lowest BCUT2D eigenvalue weighted by Gasteiger charge is -2.37. The van der Waals surface area contributed by atoms with Crippen LogP contribution in [0.1, 0.15) is 46.6 Å². The molecule has 0 spiro atoms. The number of nitrogens with one attached hydrogen (secondary N) is 2. The van der Waals surface area contributed by atoms with E-state index in [9.17, 15) is 14.7 Å². The monoisotopic (exact) mass is 596 g/mol. The smallest absolute Gasteiger partial charge is 0.407 e. The summed E-state index contributed by atoms with van der Waals surface area (Å²) in [5.74, 6) is -1.19. The van der Waals surface area contributed by atoms with E-state index in [0.29, 0.717) is 13.0 Å². The van der Waals surface area contributed by atoms with Gasteiger partial charge in [-0.1, -0.05) is 140 Å². The minimum atomic E-state index is -1.09. The van der Waals surface area contributed by atoms with Crippen LogP contribution in [-0.2, 0) is 15.1 Å². The van der Waals surface area contributed by atoms with E-state index in [2.05, 4.69) is 71.3 Å². The van der Waals surface area contributed by atoms with Crippen molar-refractivity contribution in [3.63, 3.8) is 0 Å². The molecule has 0 aliphatic heterocycles. The van der Waals surface area contributed by atoms with Gasteiger partial charge in [0.2, 0.25) is 0 Å². The molecule has 45 heavy (non-hydrogen) atoms. The Morgan fingerprint density at radius 1 is 0.667 bits per heavy atom. The molecule has 1 atom stereocenters. The number of hydrogen-bond acceptors (Lipinski definition) is 4. The number of carboxylic acid groups (broad SMARTS) is 1. The minimum Gasteiger partial charge on any atom is -0.480 e. The maximum Gasteiger partial charge on any atom is 0.407 e. The van der Waals surface area contributed by atoms with Gasteiger partial charge < -0.3 is 15.2 Å². The summed E-state index contributed by atoms with van der Waals surface area (Å²) in [7, 11) is 0. The lowest BCUT2D eigenvalue weighted by atomic mass is 9.77. The van der Waals surface area contributed by atoms with E-state index in [0.717, 1.165) is 38.9 Å². The fraction of sp³-hybridized carbons (Fsp3) is 0.179. The molecule has 0 saturated heterocycles. The van der Waals surface area contributed by atoms with Crippen LogP contribution >= 0.6 is 0 Å². The lowest BCUT2D eigenvalue weighted by molar-refractivity contribution is -0.139. The molecule has 5 aromatic carbocycles. The number of fused-ring (bicyclic) bond motifs is 3. The van der Waals surface area contributed by atoms with E-state index >= 15 is 0 Å². The van der Waals surface area contributed by atoms with Gasteiger partial charge in [-0.15, -0.1) is 0 Å². The Hall–Kier alpha value is -5.20. The van der Waals surface area contributed by atoms with Crippen molar-refractivity contribution in [3.8, 4) is 11.1 Å². The maximum absolute atomic E-state index is 12.9. The van der Waals surface area contributed by atoms with Gasteiger partial charge in [0.15, 0.2) is 0 Å². The molecule has 6 rings (SSSR count). The van der Waals surface area contributed by atoms with Crippen LogP contribution in [0.3, 0.4) is 0 Å². The quantitative estimate of drug-likeness (QED) is 0.104. The summed E-state index contributed by atoms with van der Waals surface area (Å²) in [5, 5.41) is 16.3. The Morgan fingerprint density at radius 2 is 1.11 bits per heavy atom. The number of benzene rings is 5. The molecule has 6 heteroatoms. The van der Waals surface area contributed by atoms with Crippen molar-refractivity contribution in [1.82, 2.24) is 10.6 Å². The molecule has 0 bridgehead atoms. The molecule has 1 amide bonds. The van der Waals surface area contributed by atoms with Gasteiger partial charge in [-0.05, 0) is 58.3 Å². The lowest BCUT2D eigenvalue weighted by Crippen LogP contribution is -2.46. The van der Waals surface area contributed by atoms with Crippen LogP contribution in [0.4, 0.5) is 4.79 Å². The number of ether oxygens (including phenoxy) is 1. The van der Waals surface area contributed by atoms with Crippen LogP contribution in [0.25, 0.3) is 11.1 Å². The molecular formula is C39H36N2O4. The first-order valence-corrected chi connectivity index (χ1v) is 15.3. The van der Waals surface area contributed by atoms with E-state index in [1.165, 1.54) is 0 Å². The van der Waals surface area contributed by atoms with Gasteiger partial charge in [0.25, 0.3) is 0 Å². The molecule has 0 heterocycles. The van der Waals surface area contributed by atoms with E-state index in [1.807, 2.05) is 78.9 Å². The average molecular weight is 597 g/mol. The standard InChI is InChI=1S/C39H36N2O4/c42-37(43)36(41-38(44)45-27-35-33-23-12-10-21-31(33)32-22-11-13-24-34(32)35)25-14-26-40-39(28-15-4-1-5-16-28,29-17-6-2-7-18-29)30-19-8-3-9-20-30/h1-13,15-24,35-36,40H,14,25-27H2,(H,41,44)(H,42,43)/t36-/m0/s1. The second-order valence-electron chi connectivity index (χ2n) is 11.3. The summed E-state index contributed by atoms with van der Waals surface area (Å²) in [6.45, 7) is 0.635. The predicted molar refractivity (Wildman–Crippen MR) is 176 cm³/mol. The number of carboxylic acids is 1. The summed E-state index contributed by atoms with van der Waals surface area (Å²) >= 11 is 0. The van der Waals surface area contributed by atoms with Gasteiger partial charge in [0, 0.05) is 5.92 Å². The molecule has 1 aliphatic rings. The van der Waals surface area contributed by atoms with Crippen molar-refractivity contribution < 1.29 is 19.4 Å². The van der Waals surface area contributed by atoms with Crippen LogP contribution < -0.4 is 10.6 Å². The van der Waals surface area contributed by atoms with Gasteiger partial charge in [-0.25, -0.2) is 9.59 Å². The predicted octanol–water partition coefficient (Wildman–Crippen LogP) is 7.34. The zero-order chi connectivity index (χ0) is 31.1. The van der Waals surface area contributed by atoms with Gasteiger partial charge in [0.1, 0.15) is 12.6 Å². The Labute approximate surface area is 263 Å². The molecule has 1 aliphatic carbocycles. The van der Waals surface area contributed by atoms with Gasteiger partial charge in [0.05, 0.1) is 5.54 Å². The number of alkyl carbamates (subject to hydrolysis) is 1. The molecule has 0 unspecified atom stereocenters. The highest BCUT2D eigenvalue weighted by atomic mass is 16.5. The highest BCUT2D eigenvalue weighted by Gasteiger charge is 2.36. The van der Waals surface area contributed by atoms with Crippen LogP contribution in [0.2, 0.25) is 0 Å². The SMILES string of the molecule is O=C(N[C@@H](CCCNC(c1ccccc1)(c1ccccc1)c1ccccc1)C(=O)O)OCC1c2ccccc2-c2ccccc21. The van der Waals surface area contributed by atoms with Crippen LogP contribution in [0.15, 0.2) is 140 Å². The number of carbonyl (C=O) groups excluding carboxylic acids is 1. The number of hydrogen-bond donors (Lipinski definition) is 3. The molecule has 0 fully saturated rings. The molecule has 3 N–H and O–H groups in total. The molecule has 0 saturated carbocycles. The Balaban J connectivity index is 1.12. The van der Waals surface area contributed by atoms with E-state index in [-0.39, 0.29) is 18.9 Å². The molecular weight excluding hydrogens is 560 g/mol. The summed E-state index contributed by atoms with van der Waals surface area (Å²) < 4.78 is 5.63. The Morgan fingerprint density at radius 3 is 1.58 bits per heavy atom. The fourth-order valence-corrected chi connectivity index (χ4v) is 6.49.